The molecule has 1 nitrogen and oxygen atoms in total. The van der Waals surface area contributed by atoms with Gasteiger partial charge < -0.3 is 5.32 Å². The highest BCUT2D eigenvalue weighted by Gasteiger charge is 2.19. The molecule has 1 unspecified atom stereocenters. The van der Waals surface area contributed by atoms with E-state index in [0.717, 1.165) is 12.1 Å². The second-order valence-corrected chi connectivity index (χ2v) is 5.49. The largest absolute Gasteiger partial charge is 0.309 e. The fourth-order valence-electron chi connectivity index (χ4n) is 2.00. The van der Waals surface area contributed by atoms with Gasteiger partial charge in [0.25, 0.3) is 0 Å². The van der Waals surface area contributed by atoms with Gasteiger partial charge in [0.2, 0.25) is 0 Å². The van der Waals surface area contributed by atoms with Crippen molar-refractivity contribution in [2.75, 3.05) is 7.05 Å². The fourth-order valence-corrected chi connectivity index (χ4v) is 2.81. The summed E-state index contributed by atoms with van der Waals surface area (Å²) in [6.07, 6.45) is 0. The van der Waals surface area contributed by atoms with Crippen LogP contribution < -0.4 is 5.32 Å². The molecule has 1 atom stereocenters. The van der Waals surface area contributed by atoms with Crippen LogP contribution in [0.4, 0.5) is 8.78 Å². The van der Waals surface area contributed by atoms with E-state index in [1.165, 1.54) is 0 Å². The molecule has 0 saturated carbocycles. The van der Waals surface area contributed by atoms with Gasteiger partial charge in [0.05, 0.1) is 6.04 Å². The number of rotatable bonds is 3. The molecular weight excluding hydrogens is 327 g/mol. The van der Waals surface area contributed by atoms with Crippen molar-refractivity contribution in [1.82, 2.24) is 5.32 Å². The lowest BCUT2D eigenvalue weighted by molar-refractivity contribution is 0.505. The molecule has 0 aliphatic carbocycles. The zero-order valence-corrected chi connectivity index (χ0v) is 12.6. The molecule has 0 aliphatic heterocycles. The molecule has 0 fully saturated rings. The van der Waals surface area contributed by atoms with Crippen LogP contribution in [-0.4, -0.2) is 7.05 Å². The molecule has 2 aromatic carbocycles. The molecule has 0 spiro atoms. The number of halogens is 5. The second kappa shape index (κ2) is 6.27. The zero-order valence-electron chi connectivity index (χ0n) is 10.4. The van der Waals surface area contributed by atoms with E-state index in [1.807, 2.05) is 0 Å². The molecule has 2 aromatic rings. The molecule has 0 amide bonds. The number of hydrogen-bond donors (Lipinski definition) is 1. The maximum absolute atomic E-state index is 13.4. The number of benzene rings is 2. The Hall–Kier alpha value is -0.870. The van der Waals surface area contributed by atoms with Crippen molar-refractivity contribution in [2.24, 2.45) is 0 Å². The first kappa shape index (κ1) is 15.5. The third kappa shape index (κ3) is 3.23. The summed E-state index contributed by atoms with van der Waals surface area (Å²) in [5, 5.41) is 4.01. The summed E-state index contributed by atoms with van der Waals surface area (Å²) in [6.45, 7) is 0. The summed E-state index contributed by atoms with van der Waals surface area (Å²) in [4.78, 5) is 0. The van der Waals surface area contributed by atoms with E-state index >= 15 is 0 Å². The monoisotopic (exact) mass is 335 g/mol. The number of hydrogen-bond acceptors (Lipinski definition) is 1. The Morgan fingerprint density at radius 2 is 1.45 bits per heavy atom. The van der Waals surface area contributed by atoms with Crippen LogP contribution in [0.15, 0.2) is 30.3 Å². The standard InChI is InChI=1S/C14H10Cl3F2N/c1-20-14(7-2-8(15)4-9(16)3-7)10-5-12(18)13(19)6-11(10)17/h2-6,14,20H,1H3. The third-order valence-corrected chi connectivity index (χ3v) is 3.62. The molecule has 1 N–H and O–H groups in total. The lowest BCUT2D eigenvalue weighted by Crippen LogP contribution is -2.18. The van der Waals surface area contributed by atoms with E-state index in [9.17, 15) is 8.78 Å². The first-order valence-electron chi connectivity index (χ1n) is 5.70. The summed E-state index contributed by atoms with van der Waals surface area (Å²) < 4.78 is 26.6. The van der Waals surface area contributed by atoms with Gasteiger partial charge in [0.1, 0.15) is 0 Å². The van der Waals surface area contributed by atoms with Crippen LogP contribution in [0.1, 0.15) is 17.2 Å². The van der Waals surface area contributed by atoms with Crippen molar-refractivity contribution < 1.29 is 8.78 Å². The van der Waals surface area contributed by atoms with Gasteiger partial charge in [0.15, 0.2) is 11.6 Å². The van der Waals surface area contributed by atoms with Crippen LogP contribution in [-0.2, 0) is 0 Å². The summed E-state index contributed by atoms with van der Waals surface area (Å²) >= 11 is 17.9. The molecule has 0 aromatic heterocycles. The molecular formula is C14H10Cl3F2N. The van der Waals surface area contributed by atoms with E-state index in [-0.39, 0.29) is 5.02 Å². The molecule has 2 rings (SSSR count). The molecule has 6 heteroatoms. The summed E-state index contributed by atoms with van der Waals surface area (Å²) in [6, 6.07) is 6.52. The second-order valence-electron chi connectivity index (χ2n) is 4.21. The number of nitrogens with one attached hydrogen (secondary N) is 1. The van der Waals surface area contributed by atoms with Crippen LogP contribution in [0.25, 0.3) is 0 Å². The Morgan fingerprint density at radius 1 is 0.900 bits per heavy atom. The minimum atomic E-state index is -0.988. The third-order valence-electron chi connectivity index (χ3n) is 2.86. The van der Waals surface area contributed by atoms with Crippen molar-refractivity contribution in [2.45, 2.75) is 6.04 Å². The van der Waals surface area contributed by atoms with Crippen LogP contribution >= 0.6 is 34.8 Å². The Balaban J connectivity index is 2.55. The van der Waals surface area contributed by atoms with Gasteiger partial charge in [-0.3, -0.25) is 0 Å². The minimum Gasteiger partial charge on any atom is -0.309 e. The topological polar surface area (TPSA) is 12.0 Å². The van der Waals surface area contributed by atoms with Crippen molar-refractivity contribution in [1.29, 1.82) is 0 Å². The van der Waals surface area contributed by atoms with Crippen molar-refractivity contribution in [3.8, 4) is 0 Å². The Labute approximate surface area is 130 Å². The molecule has 0 heterocycles. The average Bonchev–Trinajstić information content (AvgIpc) is 2.35. The highest BCUT2D eigenvalue weighted by Crippen LogP contribution is 2.32. The Bertz CT molecular complexity index is 626. The summed E-state index contributed by atoms with van der Waals surface area (Å²) in [5.74, 6) is -1.95. The smallest absolute Gasteiger partial charge is 0.160 e. The van der Waals surface area contributed by atoms with Gasteiger partial charge in [-0.15, -0.1) is 0 Å². The SMILES string of the molecule is CNC(c1cc(Cl)cc(Cl)c1)c1cc(F)c(F)cc1Cl. The average molecular weight is 337 g/mol. The summed E-state index contributed by atoms with van der Waals surface area (Å²) in [5.41, 5.74) is 1.12. The lowest BCUT2D eigenvalue weighted by atomic mass is 9.98. The summed E-state index contributed by atoms with van der Waals surface area (Å²) in [7, 11) is 1.68. The first-order chi connectivity index (χ1) is 9.42. The first-order valence-corrected chi connectivity index (χ1v) is 6.83. The van der Waals surface area contributed by atoms with Gasteiger partial charge in [-0.2, -0.15) is 0 Å². The van der Waals surface area contributed by atoms with Crippen LogP contribution in [0.2, 0.25) is 15.1 Å². The molecule has 0 aliphatic rings. The Morgan fingerprint density at radius 3 is 2.00 bits per heavy atom. The predicted molar refractivity (Wildman–Crippen MR) is 78.7 cm³/mol. The molecule has 0 bridgehead atoms. The quantitative estimate of drug-likeness (QED) is 0.756. The highest BCUT2D eigenvalue weighted by atomic mass is 35.5. The fraction of sp³-hybridized carbons (Fsp3) is 0.143. The Kier molecular flexibility index (Phi) is 4.86. The van der Waals surface area contributed by atoms with Gasteiger partial charge >= 0.3 is 0 Å². The maximum Gasteiger partial charge on any atom is 0.160 e. The normalized spacial score (nSPS) is 12.5. The van der Waals surface area contributed by atoms with E-state index in [1.54, 1.807) is 25.2 Å². The molecule has 0 saturated heterocycles. The van der Waals surface area contributed by atoms with E-state index < -0.39 is 17.7 Å². The molecule has 0 radical (unpaired) electrons. The van der Waals surface area contributed by atoms with Crippen molar-refractivity contribution >= 4 is 34.8 Å². The van der Waals surface area contributed by atoms with Crippen LogP contribution in [0.5, 0.6) is 0 Å². The molecule has 106 valence electrons. The lowest BCUT2D eigenvalue weighted by Gasteiger charge is -2.19. The van der Waals surface area contributed by atoms with Crippen molar-refractivity contribution in [3.05, 3.63) is 68.2 Å². The van der Waals surface area contributed by atoms with E-state index in [2.05, 4.69) is 5.32 Å². The van der Waals surface area contributed by atoms with Crippen LogP contribution in [0.3, 0.4) is 0 Å². The minimum absolute atomic E-state index is 0.124. The van der Waals surface area contributed by atoms with Gasteiger partial charge in [-0.25, -0.2) is 8.78 Å². The van der Waals surface area contributed by atoms with Gasteiger partial charge in [-0.05, 0) is 48.5 Å². The predicted octanol–water partition coefficient (Wildman–Crippen LogP) is 5.23. The van der Waals surface area contributed by atoms with Crippen LogP contribution in [0, 0.1) is 11.6 Å². The van der Waals surface area contributed by atoms with E-state index in [4.69, 9.17) is 34.8 Å². The highest BCUT2D eigenvalue weighted by molar-refractivity contribution is 6.34. The maximum atomic E-state index is 13.4. The molecule has 20 heavy (non-hydrogen) atoms. The van der Waals surface area contributed by atoms with Gasteiger partial charge in [0, 0.05) is 15.1 Å². The van der Waals surface area contributed by atoms with E-state index in [0.29, 0.717) is 21.2 Å². The van der Waals surface area contributed by atoms with Gasteiger partial charge in [-0.1, -0.05) is 34.8 Å². The van der Waals surface area contributed by atoms with Crippen molar-refractivity contribution in [3.63, 3.8) is 0 Å². The zero-order chi connectivity index (χ0) is 14.9.